The highest BCUT2D eigenvalue weighted by Crippen LogP contribution is 2.27. The molecule has 1 saturated heterocycles. The Kier molecular flexibility index (Phi) is 4.99. The SMILES string of the molecule is Cn1ccnc1CC[C@H]1CCCCN1Cc1ccc(Cl)s1. The third-order valence-electron chi connectivity index (χ3n) is 4.36. The number of hydrogen-bond donors (Lipinski definition) is 0. The maximum Gasteiger partial charge on any atom is 0.108 e. The lowest BCUT2D eigenvalue weighted by Gasteiger charge is -2.35. The number of piperidine rings is 1. The van der Waals surface area contributed by atoms with Crippen molar-refractivity contribution in [1.29, 1.82) is 0 Å². The van der Waals surface area contributed by atoms with Crippen LogP contribution in [0.25, 0.3) is 0 Å². The van der Waals surface area contributed by atoms with Gasteiger partial charge in [-0.25, -0.2) is 4.98 Å². The maximum atomic E-state index is 6.05. The second kappa shape index (κ2) is 6.95. The van der Waals surface area contributed by atoms with Crippen molar-refractivity contribution in [3.8, 4) is 0 Å². The third kappa shape index (κ3) is 3.87. The fourth-order valence-electron chi connectivity index (χ4n) is 3.17. The van der Waals surface area contributed by atoms with Crippen molar-refractivity contribution in [3.05, 3.63) is 39.6 Å². The molecule has 114 valence electrons. The van der Waals surface area contributed by atoms with Crippen molar-refractivity contribution in [2.75, 3.05) is 6.54 Å². The zero-order chi connectivity index (χ0) is 14.7. The number of aromatic nitrogens is 2. The molecule has 3 rings (SSSR count). The van der Waals surface area contributed by atoms with E-state index in [1.807, 2.05) is 18.5 Å². The number of thiophene rings is 1. The van der Waals surface area contributed by atoms with Crippen LogP contribution in [0, 0.1) is 0 Å². The fraction of sp³-hybridized carbons (Fsp3) is 0.562. The number of nitrogens with zero attached hydrogens (tertiary/aromatic N) is 3. The van der Waals surface area contributed by atoms with Crippen LogP contribution in [0.15, 0.2) is 24.5 Å². The Hall–Kier alpha value is -0.840. The van der Waals surface area contributed by atoms with Crippen molar-refractivity contribution in [2.45, 2.75) is 44.7 Å². The van der Waals surface area contributed by atoms with Crippen LogP contribution < -0.4 is 0 Å². The molecule has 2 aromatic heterocycles. The predicted molar refractivity (Wildman–Crippen MR) is 88.9 cm³/mol. The first kappa shape index (κ1) is 15.1. The first-order valence-electron chi connectivity index (χ1n) is 7.67. The van der Waals surface area contributed by atoms with Gasteiger partial charge in [0.2, 0.25) is 0 Å². The predicted octanol–water partition coefficient (Wildman–Crippen LogP) is 4.12. The van der Waals surface area contributed by atoms with Gasteiger partial charge in [0.1, 0.15) is 5.82 Å². The smallest absolute Gasteiger partial charge is 0.108 e. The minimum atomic E-state index is 0.677. The molecule has 0 unspecified atom stereocenters. The van der Waals surface area contributed by atoms with Crippen molar-refractivity contribution in [2.24, 2.45) is 7.05 Å². The van der Waals surface area contributed by atoms with Crippen LogP contribution in [-0.4, -0.2) is 27.0 Å². The van der Waals surface area contributed by atoms with E-state index in [1.165, 1.54) is 42.9 Å². The first-order valence-corrected chi connectivity index (χ1v) is 8.86. The van der Waals surface area contributed by atoms with E-state index in [2.05, 4.69) is 27.6 Å². The van der Waals surface area contributed by atoms with Gasteiger partial charge in [-0.2, -0.15) is 0 Å². The van der Waals surface area contributed by atoms with Gasteiger partial charge in [-0.3, -0.25) is 4.90 Å². The molecule has 2 aromatic rings. The van der Waals surface area contributed by atoms with E-state index < -0.39 is 0 Å². The van der Waals surface area contributed by atoms with Crippen molar-refractivity contribution in [1.82, 2.24) is 14.5 Å². The molecule has 3 nitrogen and oxygen atoms in total. The Morgan fingerprint density at radius 2 is 2.29 bits per heavy atom. The average Bonchev–Trinajstić information content (AvgIpc) is 3.07. The Morgan fingerprint density at radius 3 is 3.00 bits per heavy atom. The number of aryl methyl sites for hydroxylation is 2. The van der Waals surface area contributed by atoms with E-state index in [4.69, 9.17) is 11.6 Å². The van der Waals surface area contributed by atoms with E-state index in [-0.39, 0.29) is 0 Å². The van der Waals surface area contributed by atoms with Crippen LogP contribution in [0.2, 0.25) is 4.34 Å². The van der Waals surface area contributed by atoms with E-state index in [1.54, 1.807) is 11.3 Å². The molecular formula is C16H22ClN3S. The molecule has 1 aliphatic heterocycles. The van der Waals surface area contributed by atoms with Crippen molar-refractivity contribution < 1.29 is 0 Å². The van der Waals surface area contributed by atoms with Crippen LogP contribution in [0.1, 0.15) is 36.4 Å². The number of halogens is 1. The number of hydrogen-bond acceptors (Lipinski definition) is 3. The number of likely N-dealkylation sites (tertiary alicyclic amines) is 1. The summed E-state index contributed by atoms with van der Waals surface area (Å²) >= 11 is 7.76. The summed E-state index contributed by atoms with van der Waals surface area (Å²) in [5.74, 6) is 1.19. The summed E-state index contributed by atoms with van der Waals surface area (Å²) in [4.78, 5) is 8.45. The minimum Gasteiger partial charge on any atom is -0.338 e. The van der Waals surface area contributed by atoms with Gasteiger partial charge < -0.3 is 4.57 Å². The Bertz CT molecular complexity index is 578. The van der Waals surface area contributed by atoms with E-state index >= 15 is 0 Å². The van der Waals surface area contributed by atoms with Gasteiger partial charge in [-0.15, -0.1) is 11.3 Å². The number of imidazole rings is 1. The van der Waals surface area contributed by atoms with E-state index in [0.717, 1.165) is 17.3 Å². The Morgan fingerprint density at radius 1 is 1.38 bits per heavy atom. The quantitative estimate of drug-likeness (QED) is 0.825. The summed E-state index contributed by atoms with van der Waals surface area (Å²) in [6.07, 6.45) is 10.2. The van der Waals surface area contributed by atoms with Gasteiger partial charge in [0.25, 0.3) is 0 Å². The molecule has 1 aliphatic rings. The van der Waals surface area contributed by atoms with Crippen LogP contribution in [-0.2, 0) is 20.0 Å². The topological polar surface area (TPSA) is 21.1 Å². The highest BCUT2D eigenvalue weighted by molar-refractivity contribution is 7.16. The zero-order valence-electron chi connectivity index (χ0n) is 12.5. The molecule has 0 saturated carbocycles. The molecule has 3 heterocycles. The molecule has 0 amide bonds. The normalized spacial score (nSPS) is 20.0. The largest absolute Gasteiger partial charge is 0.338 e. The van der Waals surface area contributed by atoms with E-state index in [9.17, 15) is 0 Å². The Labute approximate surface area is 135 Å². The lowest BCUT2D eigenvalue weighted by atomic mass is 9.97. The molecule has 1 atom stereocenters. The molecule has 0 bridgehead atoms. The summed E-state index contributed by atoms with van der Waals surface area (Å²) in [5, 5.41) is 0. The molecule has 21 heavy (non-hydrogen) atoms. The molecule has 0 aliphatic carbocycles. The standard InChI is InChI=1S/C16H22ClN3S/c1-19-11-9-18-16(19)8-5-13-4-2-3-10-20(13)12-14-6-7-15(17)21-14/h6-7,9,11,13H,2-5,8,10,12H2,1H3/t13-/m1/s1. The fourth-order valence-corrected chi connectivity index (χ4v) is 4.28. The van der Waals surface area contributed by atoms with Crippen LogP contribution in [0.3, 0.4) is 0 Å². The lowest BCUT2D eigenvalue weighted by molar-refractivity contribution is 0.133. The summed E-state index contributed by atoms with van der Waals surface area (Å²) in [6, 6.07) is 4.85. The second-order valence-electron chi connectivity index (χ2n) is 5.82. The highest BCUT2D eigenvalue weighted by atomic mass is 35.5. The molecule has 0 spiro atoms. The average molecular weight is 324 g/mol. The molecule has 0 N–H and O–H groups in total. The van der Waals surface area contributed by atoms with Crippen LogP contribution in [0.4, 0.5) is 0 Å². The monoisotopic (exact) mass is 323 g/mol. The maximum absolute atomic E-state index is 6.05. The summed E-state index contributed by atoms with van der Waals surface area (Å²) in [7, 11) is 2.08. The second-order valence-corrected chi connectivity index (χ2v) is 7.62. The molecule has 1 fully saturated rings. The number of rotatable bonds is 5. The third-order valence-corrected chi connectivity index (χ3v) is 5.57. The van der Waals surface area contributed by atoms with Crippen LogP contribution >= 0.6 is 22.9 Å². The van der Waals surface area contributed by atoms with Gasteiger partial charge in [0.15, 0.2) is 0 Å². The molecular weight excluding hydrogens is 302 g/mol. The van der Waals surface area contributed by atoms with Gasteiger partial charge in [-0.05, 0) is 37.9 Å². The molecule has 0 aromatic carbocycles. The van der Waals surface area contributed by atoms with Crippen LogP contribution in [0.5, 0.6) is 0 Å². The minimum absolute atomic E-state index is 0.677. The van der Waals surface area contributed by atoms with Gasteiger partial charge in [-0.1, -0.05) is 18.0 Å². The zero-order valence-corrected chi connectivity index (χ0v) is 14.0. The summed E-state index contributed by atoms with van der Waals surface area (Å²) in [5.41, 5.74) is 0. The first-order chi connectivity index (χ1) is 10.2. The van der Waals surface area contributed by atoms with Crippen molar-refractivity contribution in [3.63, 3.8) is 0 Å². The van der Waals surface area contributed by atoms with E-state index in [0.29, 0.717) is 6.04 Å². The van der Waals surface area contributed by atoms with Gasteiger partial charge >= 0.3 is 0 Å². The highest BCUT2D eigenvalue weighted by Gasteiger charge is 2.23. The summed E-state index contributed by atoms with van der Waals surface area (Å²) < 4.78 is 3.03. The Balaban J connectivity index is 1.60. The molecule has 5 heteroatoms. The van der Waals surface area contributed by atoms with Crippen molar-refractivity contribution >= 4 is 22.9 Å². The van der Waals surface area contributed by atoms with Gasteiger partial charge in [0, 0.05) is 43.3 Å². The lowest BCUT2D eigenvalue weighted by Crippen LogP contribution is -2.39. The summed E-state index contributed by atoms with van der Waals surface area (Å²) in [6.45, 7) is 2.25. The van der Waals surface area contributed by atoms with Gasteiger partial charge in [0.05, 0.1) is 4.34 Å². The molecule has 0 radical (unpaired) electrons.